The first-order valence-electron chi connectivity index (χ1n) is 3.57. The number of aromatic nitrogens is 3. The van der Waals surface area contributed by atoms with E-state index in [9.17, 15) is 0 Å². The normalized spacial score (nSPS) is 10.3. The van der Waals surface area contributed by atoms with Crippen LogP contribution in [0.4, 0.5) is 0 Å². The van der Waals surface area contributed by atoms with Gasteiger partial charge >= 0.3 is 0 Å². The molecule has 66 valence electrons. The zero-order valence-electron chi connectivity index (χ0n) is 6.48. The van der Waals surface area contributed by atoms with Gasteiger partial charge in [0.1, 0.15) is 0 Å². The molecule has 0 N–H and O–H groups in total. The van der Waals surface area contributed by atoms with Crippen LogP contribution < -0.4 is 0 Å². The van der Waals surface area contributed by atoms with Crippen molar-refractivity contribution in [3.8, 4) is 5.69 Å². The van der Waals surface area contributed by atoms with E-state index in [-0.39, 0.29) is 0 Å². The molecule has 2 aromatic rings. The van der Waals surface area contributed by atoms with Gasteiger partial charge in [0, 0.05) is 18.6 Å². The van der Waals surface area contributed by atoms with Crippen molar-refractivity contribution in [1.29, 1.82) is 0 Å². The monoisotopic (exact) mass is 349 g/mol. The first-order valence-corrected chi connectivity index (χ1v) is 5.44. The van der Waals surface area contributed by atoms with Gasteiger partial charge in [0.25, 0.3) is 0 Å². The molecule has 5 heteroatoms. The molecule has 0 saturated carbocycles. The lowest BCUT2D eigenvalue weighted by molar-refractivity contribution is 0.872. The van der Waals surface area contributed by atoms with E-state index >= 15 is 0 Å². The predicted molar refractivity (Wildman–Crippen MR) is 61.8 cm³/mol. The summed E-state index contributed by atoms with van der Waals surface area (Å²) in [5, 5.41) is 4.20. The molecule has 0 fully saturated rings. The van der Waals surface area contributed by atoms with Gasteiger partial charge in [-0.15, -0.1) is 0 Å². The molecular formula is C8H5BrIN3. The zero-order chi connectivity index (χ0) is 9.26. The Hall–Kier alpha value is -0.430. The molecule has 0 amide bonds. The van der Waals surface area contributed by atoms with Crippen molar-refractivity contribution in [2.45, 2.75) is 0 Å². The number of pyridine rings is 1. The van der Waals surface area contributed by atoms with Crippen LogP contribution >= 0.6 is 38.5 Å². The summed E-state index contributed by atoms with van der Waals surface area (Å²) in [7, 11) is 0. The molecular weight excluding hydrogens is 345 g/mol. The highest BCUT2D eigenvalue weighted by atomic mass is 127. The van der Waals surface area contributed by atoms with Gasteiger partial charge < -0.3 is 0 Å². The van der Waals surface area contributed by atoms with Crippen LogP contribution in [-0.4, -0.2) is 14.8 Å². The highest BCUT2D eigenvalue weighted by Gasteiger charge is 2.02. The second-order valence-corrected chi connectivity index (χ2v) is 4.53. The number of halogens is 2. The second-order valence-electron chi connectivity index (χ2n) is 2.43. The van der Waals surface area contributed by atoms with E-state index in [1.54, 1.807) is 12.4 Å². The van der Waals surface area contributed by atoms with Crippen LogP contribution in [0, 0.1) is 3.57 Å². The maximum atomic E-state index is 4.20. The van der Waals surface area contributed by atoms with Gasteiger partial charge in [0.05, 0.1) is 19.9 Å². The van der Waals surface area contributed by atoms with Crippen LogP contribution in [0.25, 0.3) is 5.69 Å². The van der Waals surface area contributed by atoms with Crippen LogP contribution in [0.3, 0.4) is 0 Å². The molecule has 13 heavy (non-hydrogen) atoms. The van der Waals surface area contributed by atoms with Gasteiger partial charge in [-0.25, -0.2) is 4.68 Å². The van der Waals surface area contributed by atoms with Gasteiger partial charge in [0.15, 0.2) is 0 Å². The maximum absolute atomic E-state index is 4.20. The fourth-order valence-electron chi connectivity index (χ4n) is 0.986. The summed E-state index contributed by atoms with van der Waals surface area (Å²) >= 11 is 5.64. The van der Waals surface area contributed by atoms with Crippen LogP contribution in [0.2, 0.25) is 0 Å². The third-order valence-corrected chi connectivity index (χ3v) is 2.72. The number of rotatable bonds is 1. The fourth-order valence-corrected chi connectivity index (χ4v) is 1.81. The van der Waals surface area contributed by atoms with Crippen molar-refractivity contribution >= 4 is 38.5 Å². The third kappa shape index (κ3) is 1.91. The Kier molecular flexibility index (Phi) is 2.63. The lowest BCUT2D eigenvalue weighted by Gasteiger charge is -2.01. The number of hydrogen-bond acceptors (Lipinski definition) is 2. The topological polar surface area (TPSA) is 30.7 Å². The Labute approximate surface area is 97.4 Å². The Balaban J connectivity index is 2.52. The minimum atomic E-state index is 0.939. The Morgan fingerprint density at radius 2 is 2.23 bits per heavy atom. The summed E-state index contributed by atoms with van der Waals surface area (Å²) in [4.78, 5) is 3.99. The van der Waals surface area contributed by atoms with E-state index in [0.29, 0.717) is 0 Å². The van der Waals surface area contributed by atoms with E-state index in [1.165, 1.54) is 0 Å². The SMILES string of the molecule is Brc1cnccc1-n1cc(I)cn1. The van der Waals surface area contributed by atoms with Crippen molar-refractivity contribution in [2.75, 3.05) is 0 Å². The molecule has 2 rings (SSSR count). The second kappa shape index (κ2) is 3.75. The highest BCUT2D eigenvalue weighted by molar-refractivity contribution is 14.1. The van der Waals surface area contributed by atoms with Crippen LogP contribution in [0.15, 0.2) is 35.3 Å². The largest absolute Gasteiger partial charge is 0.263 e. The van der Waals surface area contributed by atoms with Gasteiger partial charge in [-0.1, -0.05) is 0 Å². The fraction of sp³-hybridized carbons (Fsp3) is 0. The van der Waals surface area contributed by atoms with Crippen molar-refractivity contribution in [3.05, 3.63) is 38.9 Å². The van der Waals surface area contributed by atoms with E-state index in [4.69, 9.17) is 0 Å². The molecule has 0 aliphatic rings. The highest BCUT2D eigenvalue weighted by Crippen LogP contribution is 2.18. The average Bonchev–Trinajstić information content (AvgIpc) is 2.53. The Morgan fingerprint density at radius 1 is 1.38 bits per heavy atom. The van der Waals surface area contributed by atoms with Gasteiger partial charge in [-0.2, -0.15) is 5.10 Å². The van der Waals surface area contributed by atoms with Gasteiger partial charge in [-0.3, -0.25) is 4.98 Å². The standard InChI is InChI=1S/C8H5BrIN3/c9-7-4-11-2-1-8(7)13-5-6(10)3-12-13/h1-5H. The van der Waals surface area contributed by atoms with Crippen LogP contribution in [0.5, 0.6) is 0 Å². The predicted octanol–water partition coefficient (Wildman–Crippen LogP) is 2.63. The third-order valence-electron chi connectivity index (χ3n) is 1.55. The Bertz CT molecular complexity index is 427. The summed E-state index contributed by atoms with van der Waals surface area (Å²) < 4.78 is 3.86. The number of hydrogen-bond donors (Lipinski definition) is 0. The molecule has 0 saturated heterocycles. The minimum Gasteiger partial charge on any atom is -0.263 e. The number of nitrogens with zero attached hydrogens (tertiary/aromatic N) is 3. The lowest BCUT2D eigenvalue weighted by atomic mass is 10.4. The molecule has 0 unspecified atom stereocenters. The summed E-state index contributed by atoms with van der Waals surface area (Å²) in [6.45, 7) is 0. The molecule has 2 heterocycles. The van der Waals surface area contributed by atoms with Crippen molar-refractivity contribution in [2.24, 2.45) is 0 Å². The van der Waals surface area contributed by atoms with E-state index in [2.05, 4.69) is 48.6 Å². The summed E-state index contributed by atoms with van der Waals surface area (Å²) in [5.74, 6) is 0. The van der Waals surface area contributed by atoms with E-state index in [0.717, 1.165) is 13.7 Å². The first-order chi connectivity index (χ1) is 6.27. The van der Waals surface area contributed by atoms with Gasteiger partial charge in [-0.05, 0) is 44.6 Å². The summed E-state index contributed by atoms with van der Waals surface area (Å²) in [5.41, 5.74) is 0.998. The smallest absolute Gasteiger partial charge is 0.0818 e. The lowest BCUT2D eigenvalue weighted by Crippen LogP contribution is -1.95. The molecule has 0 atom stereocenters. The first kappa shape index (κ1) is 9.14. The van der Waals surface area contributed by atoms with Crippen molar-refractivity contribution in [3.63, 3.8) is 0 Å². The average molecular weight is 350 g/mol. The molecule has 0 radical (unpaired) electrons. The van der Waals surface area contributed by atoms with Crippen LogP contribution in [0.1, 0.15) is 0 Å². The summed E-state index contributed by atoms with van der Waals surface area (Å²) in [6, 6.07) is 1.91. The molecule has 0 spiro atoms. The van der Waals surface area contributed by atoms with E-state index in [1.807, 2.05) is 23.1 Å². The van der Waals surface area contributed by atoms with E-state index < -0.39 is 0 Å². The Morgan fingerprint density at radius 3 is 2.85 bits per heavy atom. The van der Waals surface area contributed by atoms with Crippen molar-refractivity contribution in [1.82, 2.24) is 14.8 Å². The maximum Gasteiger partial charge on any atom is 0.0818 e. The summed E-state index contributed by atoms with van der Waals surface area (Å²) in [6.07, 6.45) is 7.27. The molecule has 2 aromatic heterocycles. The quantitative estimate of drug-likeness (QED) is 0.741. The molecule has 0 aromatic carbocycles. The molecule has 0 bridgehead atoms. The van der Waals surface area contributed by atoms with Crippen LogP contribution in [-0.2, 0) is 0 Å². The van der Waals surface area contributed by atoms with Crippen molar-refractivity contribution < 1.29 is 0 Å². The zero-order valence-corrected chi connectivity index (χ0v) is 10.2. The minimum absolute atomic E-state index is 0.939. The van der Waals surface area contributed by atoms with Gasteiger partial charge in [0.2, 0.25) is 0 Å². The molecule has 3 nitrogen and oxygen atoms in total. The molecule has 0 aliphatic heterocycles. The molecule has 0 aliphatic carbocycles.